The molecule has 2 rings (SSSR count). The van der Waals surface area contributed by atoms with Crippen molar-refractivity contribution in [2.75, 3.05) is 7.11 Å². The summed E-state index contributed by atoms with van der Waals surface area (Å²) in [7, 11) is 1.26. The highest BCUT2D eigenvalue weighted by Gasteiger charge is 2.28. The number of alkyl halides is 1. The Bertz CT molecular complexity index is 566. The highest BCUT2D eigenvalue weighted by atomic mass is 32.1. The van der Waals surface area contributed by atoms with E-state index in [0.29, 0.717) is 14.9 Å². The molecule has 1 unspecified atom stereocenters. The summed E-state index contributed by atoms with van der Waals surface area (Å²) >= 11 is 2.56. The van der Waals surface area contributed by atoms with E-state index in [1.54, 1.807) is 20.0 Å². The lowest BCUT2D eigenvalue weighted by atomic mass is 10.1. The molecule has 0 aliphatic rings. The minimum Gasteiger partial charge on any atom is -0.464 e. The second-order valence-corrected chi connectivity index (χ2v) is 6.13. The van der Waals surface area contributed by atoms with E-state index in [-0.39, 0.29) is 11.6 Å². The summed E-state index contributed by atoms with van der Waals surface area (Å²) in [5, 5.41) is 3.04. The molecule has 102 valence electrons. The zero-order chi connectivity index (χ0) is 14.0. The van der Waals surface area contributed by atoms with Gasteiger partial charge in [-0.05, 0) is 5.92 Å². The van der Waals surface area contributed by atoms with Crippen molar-refractivity contribution in [2.45, 2.75) is 20.0 Å². The van der Waals surface area contributed by atoms with Crippen molar-refractivity contribution in [1.29, 1.82) is 0 Å². The van der Waals surface area contributed by atoms with Crippen LogP contribution in [0.2, 0.25) is 0 Å². The number of hydrogen-bond donors (Lipinski definition) is 0. The molecular formula is C12H13FN2O2S2. The molecule has 0 saturated heterocycles. The van der Waals surface area contributed by atoms with Crippen LogP contribution in [0.25, 0.3) is 10.0 Å². The van der Waals surface area contributed by atoms with Gasteiger partial charge in [-0.1, -0.05) is 13.8 Å². The first-order chi connectivity index (χ1) is 9.04. The molecule has 0 amide bonds. The SMILES string of the molecule is COC(=O)c1nc(-c2nccs2)sc1C(F)C(C)C. The third-order valence-electron chi connectivity index (χ3n) is 2.48. The van der Waals surface area contributed by atoms with Gasteiger partial charge >= 0.3 is 5.97 Å². The number of thiazole rings is 2. The maximum atomic E-state index is 14.2. The van der Waals surface area contributed by atoms with E-state index >= 15 is 0 Å². The van der Waals surface area contributed by atoms with Gasteiger partial charge in [0.25, 0.3) is 0 Å². The number of methoxy groups -OCH3 is 1. The molecule has 0 aliphatic carbocycles. The first-order valence-corrected chi connectivity index (χ1v) is 7.37. The van der Waals surface area contributed by atoms with Crippen molar-refractivity contribution in [3.05, 3.63) is 22.1 Å². The Labute approximate surface area is 118 Å². The van der Waals surface area contributed by atoms with Crippen LogP contribution in [-0.2, 0) is 4.74 Å². The predicted octanol–water partition coefficient (Wildman–Crippen LogP) is 3.72. The van der Waals surface area contributed by atoms with Crippen molar-refractivity contribution < 1.29 is 13.9 Å². The third-order valence-corrected chi connectivity index (χ3v) is 4.51. The average molecular weight is 300 g/mol. The quantitative estimate of drug-likeness (QED) is 0.808. The van der Waals surface area contributed by atoms with E-state index in [1.807, 2.05) is 5.38 Å². The van der Waals surface area contributed by atoms with Crippen LogP contribution in [0.15, 0.2) is 11.6 Å². The summed E-state index contributed by atoms with van der Waals surface area (Å²) in [6, 6.07) is 0. The van der Waals surface area contributed by atoms with Gasteiger partial charge in [0.2, 0.25) is 0 Å². The normalized spacial score (nSPS) is 12.7. The van der Waals surface area contributed by atoms with Gasteiger partial charge < -0.3 is 4.74 Å². The molecule has 0 N–H and O–H groups in total. The summed E-state index contributed by atoms with van der Waals surface area (Å²) in [5.74, 6) is -0.842. The van der Waals surface area contributed by atoms with Crippen molar-refractivity contribution >= 4 is 28.6 Å². The van der Waals surface area contributed by atoms with Crippen molar-refractivity contribution in [2.24, 2.45) is 5.92 Å². The number of carbonyl (C=O) groups excluding carboxylic acids is 1. The summed E-state index contributed by atoms with van der Waals surface area (Å²) < 4.78 is 18.9. The van der Waals surface area contributed by atoms with Gasteiger partial charge in [-0.2, -0.15) is 0 Å². The van der Waals surface area contributed by atoms with Crippen molar-refractivity contribution in [1.82, 2.24) is 9.97 Å². The van der Waals surface area contributed by atoms with E-state index in [2.05, 4.69) is 14.7 Å². The monoisotopic (exact) mass is 300 g/mol. The van der Waals surface area contributed by atoms with Gasteiger partial charge in [-0.15, -0.1) is 22.7 Å². The fourth-order valence-electron chi connectivity index (χ4n) is 1.49. The molecule has 0 aromatic carbocycles. The van der Waals surface area contributed by atoms with Gasteiger partial charge in [-0.3, -0.25) is 0 Å². The molecule has 19 heavy (non-hydrogen) atoms. The lowest BCUT2D eigenvalue weighted by molar-refractivity contribution is 0.0590. The first kappa shape index (κ1) is 14.1. The van der Waals surface area contributed by atoms with Crippen LogP contribution in [0.4, 0.5) is 4.39 Å². The van der Waals surface area contributed by atoms with E-state index in [1.165, 1.54) is 18.4 Å². The summed E-state index contributed by atoms with van der Waals surface area (Å²) in [6.45, 7) is 3.52. The Kier molecular flexibility index (Phi) is 4.26. The number of aromatic nitrogens is 2. The Morgan fingerprint density at radius 3 is 2.68 bits per heavy atom. The number of esters is 1. The second-order valence-electron chi connectivity index (χ2n) is 4.21. The molecular weight excluding hydrogens is 287 g/mol. The van der Waals surface area contributed by atoms with E-state index < -0.39 is 12.1 Å². The highest BCUT2D eigenvalue weighted by molar-refractivity contribution is 7.20. The van der Waals surface area contributed by atoms with Gasteiger partial charge in [0.05, 0.1) is 12.0 Å². The summed E-state index contributed by atoms with van der Waals surface area (Å²) in [4.78, 5) is 20.3. The minimum atomic E-state index is -1.24. The fourth-order valence-corrected chi connectivity index (χ4v) is 3.37. The van der Waals surface area contributed by atoms with E-state index in [9.17, 15) is 9.18 Å². The lowest BCUT2D eigenvalue weighted by Crippen LogP contribution is -2.08. The molecule has 0 bridgehead atoms. The molecule has 0 radical (unpaired) electrons. The number of nitrogens with zero attached hydrogens (tertiary/aromatic N) is 2. The van der Waals surface area contributed by atoms with Crippen LogP contribution in [0.3, 0.4) is 0 Å². The molecule has 2 aromatic heterocycles. The number of ether oxygens (including phenoxy) is 1. The number of hydrogen-bond acceptors (Lipinski definition) is 6. The van der Waals surface area contributed by atoms with Crippen LogP contribution in [-0.4, -0.2) is 23.0 Å². The van der Waals surface area contributed by atoms with Gasteiger partial charge in [0.15, 0.2) is 15.7 Å². The highest BCUT2D eigenvalue weighted by Crippen LogP contribution is 2.37. The molecule has 0 spiro atoms. The zero-order valence-electron chi connectivity index (χ0n) is 10.7. The largest absolute Gasteiger partial charge is 0.464 e. The standard InChI is InChI=1S/C12H13FN2O2S2/c1-6(2)7(13)9-8(12(16)17-3)15-11(19-9)10-14-4-5-18-10/h4-7H,1-3H3. The lowest BCUT2D eigenvalue weighted by Gasteiger charge is -2.10. The zero-order valence-corrected chi connectivity index (χ0v) is 12.3. The van der Waals surface area contributed by atoms with Crippen LogP contribution in [0.5, 0.6) is 0 Å². The Morgan fingerprint density at radius 1 is 1.42 bits per heavy atom. The molecule has 2 aromatic rings. The van der Waals surface area contributed by atoms with Crippen molar-refractivity contribution in [3.8, 4) is 10.0 Å². The molecule has 1 atom stereocenters. The van der Waals surface area contributed by atoms with Crippen molar-refractivity contribution in [3.63, 3.8) is 0 Å². The number of carbonyl (C=O) groups is 1. The number of halogens is 1. The molecule has 7 heteroatoms. The van der Waals surface area contributed by atoms with Crippen LogP contribution in [0.1, 0.15) is 35.4 Å². The molecule has 0 fully saturated rings. The van der Waals surface area contributed by atoms with Gasteiger partial charge in [-0.25, -0.2) is 19.2 Å². The van der Waals surface area contributed by atoms with Crippen LogP contribution in [0, 0.1) is 5.92 Å². The average Bonchev–Trinajstić information content (AvgIpc) is 3.04. The van der Waals surface area contributed by atoms with Gasteiger partial charge in [0.1, 0.15) is 6.17 Å². The van der Waals surface area contributed by atoms with Crippen LogP contribution < -0.4 is 0 Å². The molecule has 0 saturated carbocycles. The molecule has 0 aliphatic heterocycles. The first-order valence-electron chi connectivity index (χ1n) is 5.67. The predicted molar refractivity (Wildman–Crippen MR) is 73.2 cm³/mol. The third kappa shape index (κ3) is 2.82. The fraction of sp³-hybridized carbons (Fsp3) is 0.417. The smallest absolute Gasteiger partial charge is 0.357 e. The topological polar surface area (TPSA) is 52.1 Å². The molecule has 4 nitrogen and oxygen atoms in total. The summed E-state index contributed by atoms with van der Waals surface area (Å²) in [5.41, 5.74) is 0.0545. The van der Waals surface area contributed by atoms with E-state index in [0.717, 1.165) is 11.3 Å². The van der Waals surface area contributed by atoms with Crippen LogP contribution >= 0.6 is 22.7 Å². The van der Waals surface area contributed by atoms with E-state index in [4.69, 9.17) is 0 Å². The second kappa shape index (κ2) is 5.75. The minimum absolute atomic E-state index is 0.0545. The van der Waals surface area contributed by atoms with Gasteiger partial charge in [0, 0.05) is 11.6 Å². The maximum Gasteiger partial charge on any atom is 0.357 e. The summed E-state index contributed by atoms with van der Waals surface area (Å²) in [6.07, 6.45) is 0.411. The maximum absolute atomic E-state index is 14.2. The number of rotatable bonds is 4. The Hall–Kier alpha value is -1.34. The Morgan fingerprint density at radius 2 is 2.16 bits per heavy atom. The molecule has 2 heterocycles. The Balaban J connectivity index is 2.48.